The number of carbonyl (C=O) groups excluding carboxylic acids is 1. The molecule has 0 radical (unpaired) electrons. The van der Waals surface area contributed by atoms with Crippen LogP contribution in [0.5, 0.6) is 5.75 Å². The summed E-state index contributed by atoms with van der Waals surface area (Å²) in [5, 5.41) is 3.84. The van der Waals surface area contributed by atoms with Crippen molar-refractivity contribution < 1.29 is 9.53 Å². The van der Waals surface area contributed by atoms with Crippen LogP contribution in [0.15, 0.2) is 24.3 Å². The Morgan fingerprint density at radius 3 is 3.16 bits per heavy atom. The number of ether oxygens (including phenoxy) is 1. The molecule has 0 aliphatic carbocycles. The Labute approximate surface area is 152 Å². The zero-order valence-electron chi connectivity index (χ0n) is 14.7. The van der Waals surface area contributed by atoms with Crippen LogP contribution in [0.25, 0.3) is 0 Å². The van der Waals surface area contributed by atoms with Gasteiger partial charge < -0.3 is 15.0 Å². The fourth-order valence-corrected chi connectivity index (χ4v) is 3.79. The van der Waals surface area contributed by atoms with Crippen molar-refractivity contribution in [2.45, 2.75) is 38.6 Å². The second-order valence-electron chi connectivity index (χ2n) is 6.16. The van der Waals surface area contributed by atoms with E-state index in [1.54, 1.807) is 7.11 Å². The molecule has 25 heavy (non-hydrogen) atoms. The van der Waals surface area contributed by atoms with E-state index in [0.29, 0.717) is 6.42 Å². The summed E-state index contributed by atoms with van der Waals surface area (Å²) in [6, 6.07) is 7.81. The summed E-state index contributed by atoms with van der Waals surface area (Å²) in [5.74, 6) is 1.72. The van der Waals surface area contributed by atoms with Gasteiger partial charge in [-0.05, 0) is 37.0 Å². The molecule has 1 atom stereocenters. The van der Waals surface area contributed by atoms with E-state index >= 15 is 0 Å². The third kappa shape index (κ3) is 4.28. The number of carbonyl (C=O) groups is 1. The molecule has 1 aromatic heterocycles. The molecule has 2 heterocycles. The van der Waals surface area contributed by atoms with E-state index in [9.17, 15) is 4.79 Å². The Morgan fingerprint density at radius 2 is 2.36 bits per heavy atom. The van der Waals surface area contributed by atoms with Crippen LogP contribution >= 0.6 is 11.5 Å². The third-order valence-corrected chi connectivity index (χ3v) is 5.10. The molecule has 1 aliphatic rings. The monoisotopic (exact) mass is 360 g/mol. The zero-order chi connectivity index (χ0) is 17.6. The number of nitrogens with zero attached hydrogens (tertiary/aromatic N) is 3. The average molecular weight is 360 g/mol. The van der Waals surface area contributed by atoms with Crippen LogP contribution in [0.3, 0.4) is 0 Å². The van der Waals surface area contributed by atoms with E-state index in [1.165, 1.54) is 11.5 Å². The lowest BCUT2D eigenvalue weighted by Crippen LogP contribution is -2.43. The van der Waals surface area contributed by atoms with E-state index < -0.39 is 0 Å². The van der Waals surface area contributed by atoms with Crippen molar-refractivity contribution in [3.05, 3.63) is 35.7 Å². The van der Waals surface area contributed by atoms with Crippen LogP contribution in [-0.2, 0) is 11.2 Å². The van der Waals surface area contributed by atoms with E-state index in [0.717, 1.165) is 54.6 Å². The highest BCUT2D eigenvalue weighted by atomic mass is 32.1. The molecule has 0 spiro atoms. The van der Waals surface area contributed by atoms with Crippen LogP contribution in [-0.4, -0.2) is 41.5 Å². The summed E-state index contributed by atoms with van der Waals surface area (Å²) in [7, 11) is 1.66. The quantitative estimate of drug-likeness (QED) is 0.822. The first-order chi connectivity index (χ1) is 12.2. The second kappa shape index (κ2) is 8.29. The SMILES string of the molecule is CCCNC(=O)C1CCCN1c1nc(Cc2cccc(OC)c2)ns1. The van der Waals surface area contributed by atoms with Crippen LogP contribution in [0, 0.1) is 0 Å². The fraction of sp³-hybridized carbons (Fsp3) is 0.500. The Bertz CT molecular complexity index is 719. The van der Waals surface area contributed by atoms with E-state index in [2.05, 4.69) is 26.5 Å². The van der Waals surface area contributed by atoms with Crippen molar-refractivity contribution in [2.75, 3.05) is 25.1 Å². The van der Waals surface area contributed by atoms with Crippen molar-refractivity contribution in [3.63, 3.8) is 0 Å². The number of methoxy groups -OCH3 is 1. The van der Waals surface area contributed by atoms with Gasteiger partial charge in [0, 0.05) is 31.0 Å². The van der Waals surface area contributed by atoms with Crippen molar-refractivity contribution in [2.24, 2.45) is 0 Å². The van der Waals surface area contributed by atoms with Crippen LogP contribution in [0.4, 0.5) is 5.13 Å². The van der Waals surface area contributed by atoms with Gasteiger partial charge in [-0.1, -0.05) is 19.1 Å². The molecule has 3 rings (SSSR count). The minimum Gasteiger partial charge on any atom is -0.497 e. The molecule has 1 N–H and O–H groups in total. The van der Waals surface area contributed by atoms with Crippen LogP contribution in [0.1, 0.15) is 37.6 Å². The smallest absolute Gasteiger partial charge is 0.242 e. The molecular weight excluding hydrogens is 336 g/mol. The summed E-state index contributed by atoms with van der Waals surface area (Å²) in [5.41, 5.74) is 1.11. The van der Waals surface area contributed by atoms with Gasteiger partial charge in [0.15, 0.2) is 0 Å². The Morgan fingerprint density at radius 1 is 1.48 bits per heavy atom. The van der Waals surface area contributed by atoms with Gasteiger partial charge in [-0.3, -0.25) is 4.79 Å². The molecule has 1 unspecified atom stereocenters. The number of hydrogen-bond donors (Lipinski definition) is 1. The molecule has 6 nitrogen and oxygen atoms in total. The summed E-state index contributed by atoms with van der Waals surface area (Å²) >= 11 is 1.37. The molecule has 7 heteroatoms. The molecular formula is C18H24N4O2S. The number of anilines is 1. The maximum Gasteiger partial charge on any atom is 0.242 e. The van der Waals surface area contributed by atoms with Gasteiger partial charge in [-0.25, -0.2) is 4.98 Å². The van der Waals surface area contributed by atoms with Crippen molar-refractivity contribution in [3.8, 4) is 5.75 Å². The summed E-state index contributed by atoms with van der Waals surface area (Å²) in [6.07, 6.45) is 3.49. The van der Waals surface area contributed by atoms with Gasteiger partial charge in [0.1, 0.15) is 17.6 Å². The normalized spacial score (nSPS) is 16.9. The van der Waals surface area contributed by atoms with Gasteiger partial charge in [-0.15, -0.1) is 0 Å². The molecule has 0 bridgehead atoms. The standard InChI is InChI=1S/C18H24N4O2S/c1-3-9-19-17(23)15-8-5-10-22(15)18-20-16(21-25-18)12-13-6-4-7-14(11-13)24-2/h4,6-7,11,15H,3,5,8-10,12H2,1-2H3,(H,19,23). The molecule has 1 aliphatic heterocycles. The first-order valence-corrected chi connectivity index (χ1v) is 9.48. The maximum absolute atomic E-state index is 12.3. The van der Waals surface area contributed by atoms with E-state index in [-0.39, 0.29) is 11.9 Å². The molecule has 1 aromatic carbocycles. The number of hydrogen-bond acceptors (Lipinski definition) is 6. The van der Waals surface area contributed by atoms with Gasteiger partial charge in [0.25, 0.3) is 0 Å². The number of benzene rings is 1. The molecule has 134 valence electrons. The summed E-state index contributed by atoms with van der Waals surface area (Å²) in [4.78, 5) is 19.1. The van der Waals surface area contributed by atoms with Gasteiger partial charge in [0.05, 0.1) is 7.11 Å². The van der Waals surface area contributed by atoms with Crippen molar-refractivity contribution in [1.29, 1.82) is 0 Å². The van der Waals surface area contributed by atoms with Gasteiger partial charge >= 0.3 is 0 Å². The van der Waals surface area contributed by atoms with Crippen molar-refractivity contribution in [1.82, 2.24) is 14.7 Å². The molecule has 2 aromatic rings. The lowest BCUT2D eigenvalue weighted by Gasteiger charge is -2.22. The number of nitrogens with one attached hydrogen (secondary N) is 1. The minimum absolute atomic E-state index is 0.101. The summed E-state index contributed by atoms with van der Waals surface area (Å²) in [6.45, 7) is 3.64. The first-order valence-electron chi connectivity index (χ1n) is 8.71. The van der Waals surface area contributed by atoms with Gasteiger partial charge in [-0.2, -0.15) is 4.37 Å². The van der Waals surface area contributed by atoms with Gasteiger partial charge in [0.2, 0.25) is 11.0 Å². The highest BCUT2D eigenvalue weighted by Crippen LogP contribution is 2.28. The molecule has 1 saturated heterocycles. The fourth-order valence-electron chi connectivity index (χ4n) is 3.03. The second-order valence-corrected chi connectivity index (χ2v) is 6.89. The predicted molar refractivity (Wildman–Crippen MR) is 99.4 cm³/mol. The number of rotatable bonds is 7. The Balaban J connectivity index is 1.68. The molecule has 0 saturated carbocycles. The van der Waals surface area contributed by atoms with E-state index in [1.807, 2.05) is 24.3 Å². The predicted octanol–water partition coefficient (Wildman–Crippen LogP) is 2.63. The highest BCUT2D eigenvalue weighted by molar-refractivity contribution is 7.09. The highest BCUT2D eigenvalue weighted by Gasteiger charge is 2.32. The summed E-state index contributed by atoms with van der Waals surface area (Å²) < 4.78 is 9.74. The topological polar surface area (TPSA) is 67.4 Å². The van der Waals surface area contributed by atoms with Crippen LogP contribution in [0.2, 0.25) is 0 Å². The largest absolute Gasteiger partial charge is 0.497 e. The Hall–Kier alpha value is -2.15. The maximum atomic E-state index is 12.3. The lowest BCUT2D eigenvalue weighted by atomic mass is 10.1. The van der Waals surface area contributed by atoms with Crippen LogP contribution < -0.4 is 15.0 Å². The van der Waals surface area contributed by atoms with E-state index in [4.69, 9.17) is 4.74 Å². The minimum atomic E-state index is -0.121. The zero-order valence-corrected chi connectivity index (χ0v) is 15.5. The number of amides is 1. The third-order valence-electron chi connectivity index (χ3n) is 4.30. The lowest BCUT2D eigenvalue weighted by molar-refractivity contribution is -0.122. The Kier molecular flexibility index (Phi) is 5.86. The van der Waals surface area contributed by atoms with Crippen molar-refractivity contribution >= 4 is 22.6 Å². The molecule has 1 fully saturated rings. The first kappa shape index (κ1) is 17.7. The average Bonchev–Trinajstić information content (AvgIpc) is 3.29. The molecule has 1 amide bonds. The number of aromatic nitrogens is 2.